The first-order valence-corrected chi connectivity index (χ1v) is 4.27. The van der Waals surface area contributed by atoms with Crippen LogP contribution in [0.4, 0.5) is 14.5 Å². The number of nitrogens with zero attached hydrogens (tertiary/aromatic N) is 2. The lowest BCUT2D eigenvalue weighted by Gasteiger charge is -1.99. The second-order valence-electron chi connectivity index (χ2n) is 2.99. The van der Waals surface area contributed by atoms with E-state index in [2.05, 4.69) is 10.4 Å². The molecule has 5 nitrogen and oxygen atoms in total. The third-order valence-corrected chi connectivity index (χ3v) is 1.70. The minimum atomic E-state index is -2.48. The molecule has 0 aliphatic rings. The van der Waals surface area contributed by atoms with Crippen LogP contribution in [0.3, 0.4) is 0 Å². The van der Waals surface area contributed by atoms with Crippen molar-refractivity contribution in [2.24, 2.45) is 0 Å². The molecule has 2 N–H and O–H groups in total. The molecule has 0 aromatic carbocycles. The van der Waals surface area contributed by atoms with Crippen LogP contribution in [0.15, 0.2) is 6.20 Å². The molecule has 0 radical (unpaired) electrons. The van der Waals surface area contributed by atoms with Crippen LogP contribution in [0.2, 0.25) is 0 Å². The molecular formula is C8H11F2N3O2. The Labute approximate surface area is 84.7 Å². The second-order valence-corrected chi connectivity index (χ2v) is 2.99. The van der Waals surface area contributed by atoms with Crippen LogP contribution in [0.5, 0.6) is 0 Å². The highest BCUT2D eigenvalue weighted by Crippen LogP contribution is 2.12. The summed E-state index contributed by atoms with van der Waals surface area (Å²) in [4.78, 5) is 10.3. The van der Waals surface area contributed by atoms with Crippen LogP contribution >= 0.6 is 0 Å². The molecule has 0 saturated heterocycles. The van der Waals surface area contributed by atoms with E-state index in [1.165, 1.54) is 6.20 Å². The zero-order valence-corrected chi connectivity index (χ0v) is 8.07. The molecule has 0 saturated carbocycles. The molecule has 1 aromatic heterocycles. The van der Waals surface area contributed by atoms with Gasteiger partial charge in [0.25, 0.3) is 6.43 Å². The van der Waals surface area contributed by atoms with Gasteiger partial charge in [0.15, 0.2) is 0 Å². The SMILES string of the molecule is Cc1nn(CC(F)F)cc1NCC(=O)O. The molecule has 0 unspecified atom stereocenters. The minimum Gasteiger partial charge on any atom is -0.480 e. The standard InChI is InChI=1S/C8H11F2N3O2/c1-5-6(11-2-8(14)15)3-13(12-5)4-7(9)10/h3,7,11H,2,4H2,1H3,(H,14,15). The van der Waals surface area contributed by atoms with Gasteiger partial charge < -0.3 is 10.4 Å². The molecule has 0 aliphatic heterocycles. The first kappa shape index (κ1) is 11.4. The number of rotatable bonds is 5. The van der Waals surface area contributed by atoms with Crippen molar-refractivity contribution in [1.29, 1.82) is 0 Å². The molecule has 1 heterocycles. The summed E-state index contributed by atoms with van der Waals surface area (Å²) in [5.41, 5.74) is 0.954. The number of aryl methyl sites for hydroxylation is 1. The molecule has 0 atom stereocenters. The van der Waals surface area contributed by atoms with Gasteiger partial charge in [-0.05, 0) is 6.92 Å². The molecule has 0 aliphatic carbocycles. The number of carbonyl (C=O) groups is 1. The van der Waals surface area contributed by atoms with Crippen molar-refractivity contribution in [3.63, 3.8) is 0 Å². The molecule has 1 rings (SSSR count). The topological polar surface area (TPSA) is 67.2 Å². The van der Waals surface area contributed by atoms with Crippen molar-refractivity contribution in [1.82, 2.24) is 9.78 Å². The van der Waals surface area contributed by atoms with Crippen LogP contribution in [-0.4, -0.2) is 33.8 Å². The van der Waals surface area contributed by atoms with E-state index in [0.717, 1.165) is 4.68 Å². The summed E-state index contributed by atoms with van der Waals surface area (Å²) in [5.74, 6) is -1.02. The minimum absolute atomic E-state index is 0.263. The number of carboxylic acids is 1. The average molecular weight is 219 g/mol. The number of aliphatic carboxylic acids is 1. The van der Waals surface area contributed by atoms with Crippen molar-refractivity contribution < 1.29 is 18.7 Å². The molecule has 1 aromatic rings. The van der Waals surface area contributed by atoms with Gasteiger partial charge in [0, 0.05) is 6.20 Å². The van der Waals surface area contributed by atoms with Gasteiger partial charge in [0.2, 0.25) is 0 Å². The van der Waals surface area contributed by atoms with Gasteiger partial charge in [-0.25, -0.2) is 8.78 Å². The van der Waals surface area contributed by atoms with Crippen molar-refractivity contribution in [3.05, 3.63) is 11.9 Å². The lowest BCUT2D eigenvalue weighted by Crippen LogP contribution is -2.12. The Balaban J connectivity index is 2.64. The zero-order valence-electron chi connectivity index (χ0n) is 8.07. The summed E-state index contributed by atoms with van der Waals surface area (Å²) in [5, 5.41) is 14.8. The first-order valence-electron chi connectivity index (χ1n) is 4.27. The highest BCUT2D eigenvalue weighted by Gasteiger charge is 2.09. The van der Waals surface area contributed by atoms with Gasteiger partial charge in [-0.1, -0.05) is 0 Å². The van der Waals surface area contributed by atoms with Crippen LogP contribution in [-0.2, 0) is 11.3 Å². The van der Waals surface area contributed by atoms with Gasteiger partial charge in [-0.15, -0.1) is 0 Å². The lowest BCUT2D eigenvalue weighted by atomic mass is 10.4. The molecule has 0 amide bonds. The number of halogens is 2. The first-order chi connectivity index (χ1) is 6.99. The molecule has 0 fully saturated rings. The quantitative estimate of drug-likeness (QED) is 0.773. The number of carboxylic acid groups (broad SMARTS) is 1. The average Bonchev–Trinajstić information content (AvgIpc) is 2.41. The van der Waals surface area contributed by atoms with Gasteiger partial charge in [-0.2, -0.15) is 5.10 Å². The molecule has 15 heavy (non-hydrogen) atoms. The van der Waals surface area contributed by atoms with Crippen molar-refractivity contribution in [2.75, 3.05) is 11.9 Å². The number of hydrogen-bond donors (Lipinski definition) is 2. The van der Waals surface area contributed by atoms with Crippen molar-refractivity contribution in [3.8, 4) is 0 Å². The number of aromatic nitrogens is 2. The Morgan fingerprint density at radius 3 is 2.93 bits per heavy atom. The normalized spacial score (nSPS) is 10.7. The van der Waals surface area contributed by atoms with Crippen LogP contribution < -0.4 is 5.32 Å². The van der Waals surface area contributed by atoms with E-state index in [1.54, 1.807) is 6.92 Å². The predicted molar refractivity (Wildman–Crippen MR) is 49.1 cm³/mol. The molecule has 7 heteroatoms. The fourth-order valence-corrected chi connectivity index (χ4v) is 1.10. The van der Waals surface area contributed by atoms with Gasteiger partial charge in [-0.3, -0.25) is 9.48 Å². The fraction of sp³-hybridized carbons (Fsp3) is 0.500. The van der Waals surface area contributed by atoms with Gasteiger partial charge >= 0.3 is 5.97 Å². The summed E-state index contributed by atoms with van der Waals surface area (Å²) in [7, 11) is 0. The van der Waals surface area contributed by atoms with Gasteiger partial charge in [0.1, 0.15) is 13.1 Å². The van der Waals surface area contributed by atoms with Crippen LogP contribution in [0.25, 0.3) is 0 Å². The lowest BCUT2D eigenvalue weighted by molar-refractivity contribution is -0.134. The Bertz CT molecular complexity index is 352. The van der Waals surface area contributed by atoms with Crippen LogP contribution in [0.1, 0.15) is 5.69 Å². The Morgan fingerprint density at radius 2 is 2.40 bits per heavy atom. The largest absolute Gasteiger partial charge is 0.480 e. The van der Waals surface area contributed by atoms with E-state index in [4.69, 9.17) is 5.11 Å². The molecule has 0 bridgehead atoms. The summed E-state index contributed by atoms with van der Waals surface area (Å²) in [6.07, 6.45) is -1.11. The number of alkyl halides is 2. The highest BCUT2D eigenvalue weighted by molar-refractivity contribution is 5.72. The van der Waals surface area contributed by atoms with E-state index >= 15 is 0 Å². The van der Waals surface area contributed by atoms with E-state index < -0.39 is 18.9 Å². The summed E-state index contributed by atoms with van der Waals surface area (Å²) in [6.45, 7) is 0.864. The monoisotopic (exact) mass is 219 g/mol. The maximum Gasteiger partial charge on any atom is 0.322 e. The maximum absolute atomic E-state index is 12.0. The van der Waals surface area contributed by atoms with E-state index in [1.807, 2.05) is 0 Å². The molecule has 0 spiro atoms. The van der Waals surface area contributed by atoms with E-state index in [9.17, 15) is 13.6 Å². The molecular weight excluding hydrogens is 208 g/mol. The third-order valence-electron chi connectivity index (χ3n) is 1.70. The fourth-order valence-electron chi connectivity index (χ4n) is 1.10. The number of anilines is 1. The van der Waals surface area contributed by atoms with E-state index in [-0.39, 0.29) is 6.54 Å². The third kappa shape index (κ3) is 3.53. The smallest absolute Gasteiger partial charge is 0.322 e. The zero-order chi connectivity index (χ0) is 11.4. The Hall–Kier alpha value is -1.66. The molecule has 84 valence electrons. The maximum atomic E-state index is 12.0. The second kappa shape index (κ2) is 4.72. The Morgan fingerprint density at radius 1 is 1.73 bits per heavy atom. The predicted octanol–water partition coefficient (Wildman–Crippen LogP) is 0.953. The summed E-state index contributed by atoms with van der Waals surface area (Å²) < 4.78 is 25.1. The number of nitrogens with one attached hydrogen (secondary N) is 1. The van der Waals surface area contributed by atoms with E-state index in [0.29, 0.717) is 11.4 Å². The van der Waals surface area contributed by atoms with Crippen molar-refractivity contribution >= 4 is 11.7 Å². The highest BCUT2D eigenvalue weighted by atomic mass is 19.3. The van der Waals surface area contributed by atoms with Crippen molar-refractivity contribution in [2.45, 2.75) is 19.9 Å². The summed E-state index contributed by atoms with van der Waals surface area (Å²) in [6, 6.07) is 0. The number of hydrogen-bond acceptors (Lipinski definition) is 3. The summed E-state index contributed by atoms with van der Waals surface area (Å²) >= 11 is 0. The Kier molecular flexibility index (Phi) is 3.59. The van der Waals surface area contributed by atoms with Crippen LogP contribution in [0, 0.1) is 6.92 Å². The van der Waals surface area contributed by atoms with Gasteiger partial charge in [0.05, 0.1) is 11.4 Å².